The Morgan fingerprint density at radius 2 is 2.00 bits per heavy atom. The normalized spacial score (nSPS) is 18.0. The van der Waals surface area contributed by atoms with Crippen molar-refractivity contribution in [1.29, 1.82) is 0 Å². The molecule has 0 saturated carbocycles. The van der Waals surface area contributed by atoms with Gasteiger partial charge in [0.25, 0.3) is 5.91 Å². The first kappa shape index (κ1) is 16.0. The van der Waals surface area contributed by atoms with Crippen molar-refractivity contribution >= 4 is 11.8 Å². The van der Waals surface area contributed by atoms with Crippen LogP contribution in [-0.2, 0) is 22.5 Å². The van der Waals surface area contributed by atoms with E-state index in [4.69, 9.17) is 4.74 Å². The number of amides is 2. The van der Waals surface area contributed by atoms with Crippen molar-refractivity contribution < 1.29 is 14.3 Å². The molecule has 0 atom stereocenters. The van der Waals surface area contributed by atoms with Gasteiger partial charge in [0.1, 0.15) is 0 Å². The topological polar surface area (TPSA) is 78.5 Å². The van der Waals surface area contributed by atoms with Crippen LogP contribution in [0.1, 0.15) is 47.9 Å². The number of morpholine rings is 1. The molecule has 1 saturated heterocycles. The van der Waals surface area contributed by atoms with Gasteiger partial charge in [-0.2, -0.15) is 5.10 Å². The summed E-state index contributed by atoms with van der Waals surface area (Å²) in [6, 6.07) is 0. The van der Waals surface area contributed by atoms with Crippen LogP contribution in [0.4, 0.5) is 0 Å². The first-order valence-electron chi connectivity index (χ1n) is 8.41. The SMILES string of the molecule is CCCCC(=O)N1CCc2[nH]nc(C(=O)N3CCOCC3)c2C1. The minimum atomic E-state index is -0.0614. The summed E-state index contributed by atoms with van der Waals surface area (Å²) in [7, 11) is 0. The van der Waals surface area contributed by atoms with Crippen molar-refractivity contribution in [1.82, 2.24) is 20.0 Å². The molecule has 2 amide bonds. The smallest absolute Gasteiger partial charge is 0.274 e. The maximum atomic E-state index is 12.7. The average Bonchev–Trinajstić information content (AvgIpc) is 3.02. The van der Waals surface area contributed by atoms with Crippen molar-refractivity contribution in [2.45, 2.75) is 39.2 Å². The molecule has 0 aromatic carbocycles. The van der Waals surface area contributed by atoms with Gasteiger partial charge in [0, 0.05) is 50.3 Å². The summed E-state index contributed by atoms with van der Waals surface area (Å²) in [5, 5.41) is 7.22. The number of carbonyl (C=O) groups is 2. The minimum absolute atomic E-state index is 0.0614. The predicted molar refractivity (Wildman–Crippen MR) is 84.0 cm³/mol. The largest absolute Gasteiger partial charge is 0.378 e. The summed E-state index contributed by atoms with van der Waals surface area (Å²) in [5.74, 6) is 0.108. The maximum Gasteiger partial charge on any atom is 0.274 e. The van der Waals surface area contributed by atoms with E-state index in [1.54, 1.807) is 4.90 Å². The van der Waals surface area contributed by atoms with E-state index >= 15 is 0 Å². The average molecular weight is 320 g/mol. The first-order chi connectivity index (χ1) is 11.2. The van der Waals surface area contributed by atoms with Gasteiger partial charge < -0.3 is 14.5 Å². The molecule has 7 nitrogen and oxygen atoms in total. The number of ether oxygens (including phenoxy) is 1. The van der Waals surface area contributed by atoms with Crippen LogP contribution in [0.5, 0.6) is 0 Å². The van der Waals surface area contributed by atoms with Crippen molar-refractivity contribution in [2.24, 2.45) is 0 Å². The fourth-order valence-electron chi connectivity index (χ4n) is 3.09. The third kappa shape index (κ3) is 3.39. The first-order valence-corrected chi connectivity index (χ1v) is 8.41. The van der Waals surface area contributed by atoms with Crippen LogP contribution < -0.4 is 0 Å². The Morgan fingerprint density at radius 1 is 1.22 bits per heavy atom. The number of nitrogens with zero attached hydrogens (tertiary/aromatic N) is 3. The Hall–Kier alpha value is -1.89. The van der Waals surface area contributed by atoms with Crippen molar-refractivity contribution in [3.05, 3.63) is 17.0 Å². The number of H-pyrrole nitrogens is 1. The van der Waals surface area contributed by atoms with Crippen LogP contribution in [0.3, 0.4) is 0 Å². The van der Waals surface area contributed by atoms with E-state index in [9.17, 15) is 9.59 Å². The molecule has 0 bridgehead atoms. The van der Waals surface area contributed by atoms with Crippen molar-refractivity contribution in [3.8, 4) is 0 Å². The van der Waals surface area contributed by atoms with Gasteiger partial charge in [-0.15, -0.1) is 0 Å². The highest BCUT2D eigenvalue weighted by molar-refractivity contribution is 5.94. The molecular weight excluding hydrogens is 296 g/mol. The van der Waals surface area contributed by atoms with E-state index in [0.29, 0.717) is 51.5 Å². The van der Waals surface area contributed by atoms with Crippen LogP contribution in [0, 0.1) is 0 Å². The number of aromatic nitrogens is 2. The highest BCUT2D eigenvalue weighted by atomic mass is 16.5. The molecule has 0 aliphatic carbocycles. The van der Waals surface area contributed by atoms with Gasteiger partial charge >= 0.3 is 0 Å². The number of fused-ring (bicyclic) bond motifs is 1. The third-order valence-electron chi connectivity index (χ3n) is 4.53. The Balaban J connectivity index is 1.72. The summed E-state index contributed by atoms with van der Waals surface area (Å²) in [4.78, 5) is 28.5. The van der Waals surface area contributed by atoms with E-state index in [0.717, 1.165) is 30.5 Å². The Kier molecular flexibility index (Phi) is 4.95. The summed E-state index contributed by atoms with van der Waals surface area (Å²) >= 11 is 0. The molecule has 1 aromatic rings. The number of aromatic amines is 1. The lowest BCUT2D eigenvalue weighted by Crippen LogP contribution is -2.42. The highest BCUT2D eigenvalue weighted by Crippen LogP contribution is 2.22. The Labute approximate surface area is 136 Å². The fourth-order valence-corrected chi connectivity index (χ4v) is 3.09. The van der Waals surface area contributed by atoms with Crippen LogP contribution in [0.15, 0.2) is 0 Å². The lowest BCUT2D eigenvalue weighted by atomic mass is 10.0. The molecule has 126 valence electrons. The number of unbranched alkanes of at least 4 members (excludes halogenated alkanes) is 1. The van der Waals surface area contributed by atoms with Gasteiger partial charge in [-0.3, -0.25) is 14.7 Å². The van der Waals surface area contributed by atoms with E-state index in [2.05, 4.69) is 17.1 Å². The molecule has 1 N–H and O–H groups in total. The van der Waals surface area contributed by atoms with Crippen molar-refractivity contribution in [2.75, 3.05) is 32.8 Å². The number of carbonyl (C=O) groups excluding carboxylic acids is 2. The molecule has 3 heterocycles. The molecule has 0 spiro atoms. The Bertz CT molecular complexity index is 578. The standard InChI is InChI=1S/C16H24N4O3/c1-2-3-4-14(21)20-6-5-13-12(11-20)15(18-17-13)16(22)19-7-9-23-10-8-19/h2-11H2,1H3,(H,17,18). The Morgan fingerprint density at radius 3 is 2.74 bits per heavy atom. The van der Waals surface area contributed by atoms with E-state index in [-0.39, 0.29) is 11.8 Å². The van der Waals surface area contributed by atoms with Gasteiger partial charge in [0.15, 0.2) is 5.69 Å². The molecule has 1 fully saturated rings. The minimum Gasteiger partial charge on any atom is -0.378 e. The number of rotatable bonds is 4. The molecule has 3 rings (SSSR count). The molecule has 2 aliphatic rings. The summed E-state index contributed by atoms with van der Waals surface area (Å²) in [5.41, 5.74) is 2.34. The fraction of sp³-hybridized carbons (Fsp3) is 0.688. The second-order valence-corrected chi connectivity index (χ2v) is 6.10. The molecule has 23 heavy (non-hydrogen) atoms. The second-order valence-electron chi connectivity index (χ2n) is 6.10. The summed E-state index contributed by atoms with van der Waals surface area (Å²) in [6.07, 6.45) is 3.23. The van der Waals surface area contributed by atoms with Crippen molar-refractivity contribution in [3.63, 3.8) is 0 Å². The molecule has 2 aliphatic heterocycles. The van der Waals surface area contributed by atoms with Crippen LogP contribution in [-0.4, -0.2) is 64.7 Å². The molecule has 0 unspecified atom stereocenters. The van der Waals surface area contributed by atoms with Gasteiger partial charge in [0.05, 0.1) is 13.2 Å². The quantitative estimate of drug-likeness (QED) is 0.896. The van der Waals surface area contributed by atoms with Gasteiger partial charge in [0.2, 0.25) is 5.91 Å². The van der Waals surface area contributed by atoms with Gasteiger partial charge in [-0.05, 0) is 6.42 Å². The predicted octanol–water partition coefficient (Wildman–Crippen LogP) is 0.957. The highest BCUT2D eigenvalue weighted by Gasteiger charge is 2.30. The maximum absolute atomic E-state index is 12.7. The number of nitrogens with one attached hydrogen (secondary N) is 1. The van der Waals surface area contributed by atoms with E-state index in [1.807, 2.05) is 4.90 Å². The molecule has 7 heteroatoms. The zero-order valence-corrected chi connectivity index (χ0v) is 13.6. The monoisotopic (exact) mass is 320 g/mol. The van der Waals surface area contributed by atoms with Crippen LogP contribution in [0.25, 0.3) is 0 Å². The van der Waals surface area contributed by atoms with Crippen LogP contribution >= 0.6 is 0 Å². The van der Waals surface area contributed by atoms with Gasteiger partial charge in [-0.25, -0.2) is 0 Å². The lowest BCUT2D eigenvalue weighted by molar-refractivity contribution is -0.132. The number of hydrogen-bond acceptors (Lipinski definition) is 4. The second kappa shape index (κ2) is 7.12. The molecule has 0 radical (unpaired) electrons. The zero-order valence-electron chi connectivity index (χ0n) is 13.6. The zero-order chi connectivity index (χ0) is 16.2. The van der Waals surface area contributed by atoms with E-state index < -0.39 is 0 Å². The summed E-state index contributed by atoms with van der Waals surface area (Å²) in [6.45, 7) is 5.60. The molecular formula is C16H24N4O3. The summed E-state index contributed by atoms with van der Waals surface area (Å²) < 4.78 is 5.29. The van der Waals surface area contributed by atoms with E-state index in [1.165, 1.54) is 0 Å². The molecule has 1 aromatic heterocycles. The lowest BCUT2D eigenvalue weighted by Gasteiger charge is -2.29. The van der Waals surface area contributed by atoms with Crippen LogP contribution in [0.2, 0.25) is 0 Å². The number of hydrogen-bond donors (Lipinski definition) is 1. The van der Waals surface area contributed by atoms with Gasteiger partial charge in [-0.1, -0.05) is 13.3 Å². The third-order valence-corrected chi connectivity index (χ3v) is 4.53.